The van der Waals surface area contributed by atoms with Crippen LogP contribution in [0.5, 0.6) is 5.75 Å². The second kappa shape index (κ2) is 8.75. The van der Waals surface area contributed by atoms with Gasteiger partial charge in [0.25, 0.3) is 0 Å². The number of nitrogens with one attached hydrogen (secondary N) is 1. The summed E-state index contributed by atoms with van der Waals surface area (Å²) in [5.74, 6) is 1.58. The molecule has 0 aromatic carbocycles. The minimum atomic E-state index is 0.304. The van der Waals surface area contributed by atoms with Crippen LogP contribution in [0.15, 0.2) is 31.0 Å². The van der Waals surface area contributed by atoms with Gasteiger partial charge in [0, 0.05) is 38.7 Å². The topological polar surface area (TPSA) is 133 Å². The molecule has 174 valence electrons. The van der Waals surface area contributed by atoms with Crippen molar-refractivity contribution in [1.82, 2.24) is 34.5 Å². The molecule has 4 aromatic heterocycles. The maximum Gasteiger partial charge on any atom is 0.230 e. The van der Waals surface area contributed by atoms with Crippen molar-refractivity contribution >= 4 is 46.1 Å². The minimum Gasteiger partial charge on any atom is -0.450 e. The van der Waals surface area contributed by atoms with Gasteiger partial charge < -0.3 is 19.9 Å². The average molecular weight is 479 g/mol. The predicted molar refractivity (Wildman–Crippen MR) is 130 cm³/mol. The highest BCUT2D eigenvalue weighted by Gasteiger charge is 2.22. The number of ether oxygens (including phenoxy) is 1. The number of fused-ring (bicyclic) bond motifs is 1. The number of anilines is 3. The summed E-state index contributed by atoms with van der Waals surface area (Å²) in [7, 11) is 1.82. The monoisotopic (exact) mass is 478 g/mol. The summed E-state index contributed by atoms with van der Waals surface area (Å²) < 4.78 is 7.68. The molecule has 1 aliphatic rings. The van der Waals surface area contributed by atoms with Gasteiger partial charge in [-0.05, 0) is 20.3 Å². The fourth-order valence-corrected chi connectivity index (χ4v) is 4.17. The fraction of sp³-hybridized carbons (Fsp3) is 0.273. The second-order valence-electron chi connectivity index (χ2n) is 7.86. The Morgan fingerprint density at radius 2 is 1.88 bits per heavy atom. The van der Waals surface area contributed by atoms with E-state index >= 15 is 0 Å². The van der Waals surface area contributed by atoms with Gasteiger partial charge in [0.1, 0.15) is 16.2 Å². The van der Waals surface area contributed by atoms with Crippen LogP contribution in [0.3, 0.4) is 0 Å². The van der Waals surface area contributed by atoms with Gasteiger partial charge in [-0.3, -0.25) is 10.3 Å². The maximum atomic E-state index is 6.69. The summed E-state index contributed by atoms with van der Waals surface area (Å²) in [4.78, 5) is 28.8. The fourth-order valence-electron chi connectivity index (χ4n) is 3.88. The molecule has 5 rings (SSSR count). The summed E-state index contributed by atoms with van der Waals surface area (Å²) >= 11 is 6.69. The molecule has 11 nitrogen and oxygen atoms in total. The molecule has 5 heterocycles. The Bertz CT molecular complexity index is 1380. The number of aryl methyl sites for hydroxylation is 3. The van der Waals surface area contributed by atoms with Crippen LogP contribution in [-0.4, -0.2) is 47.6 Å². The van der Waals surface area contributed by atoms with Crippen LogP contribution in [0.25, 0.3) is 16.9 Å². The highest BCUT2D eigenvalue weighted by molar-refractivity contribution is 6.36. The first-order chi connectivity index (χ1) is 16.5. The van der Waals surface area contributed by atoms with Gasteiger partial charge in [-0.25, -0.2) is 19.9 Å². The van der Waals surface area contributed by atoms with Crippen LogP contribution in [0.2, 0.25) is 5.02 Å². The number of hydrogen-bond acceptors (Lipinski definition) is 10. The molecule has 0 spiro atoms. The zero-order chi connectivity index (χ0) is 23.8. The summed E-state index contributed by atoms with van der Waals surface area (Å²) in [6.45, 7) is 6.05. The first-order valence-electron chi connectivity index (χ1n) is 10.7. The van der Waals surface area contributed by atoms with Crippen LogP contribution >= 0.6 is 11.6 Å². The molecule has 0 bridgehead atoms. The lowest BCUT2D eigenvalue weighted by Crippen LogP contribution is -2.38. The normalized spacial score (nSPS) is 13.8. The van der Waals surface area contributed by atoms with Crippen LogP contribution in [-0.2, 0) is 7.05 Å². The first kappa shape index (κ1) is 21.8. The van der Waals surface area contributed by atoms with Gasteiger partial charge in [0.2, 0.25) is 11.9 Å². The lowest BCUT2D eigenvalue weighted by molar-refractivity contribution is 0.509. The standard InChI is InChI=1S/C22H23ClN10O/c1-12-18(33-7-4-8-33)13(2)29-21(28-12)31-22-30-20-19(32(22)3)17(23)16(11-27-20)34-15(9-24)14-10-25-5-6-26-14/h5-6,9-11H,4,7-8,24H2,1-3H3,(H,27,28,29,30,31). The Morgan fingerprint density at radius 1 is 1.12 bits per heavy atom. The molecule has 0 radical (unpaired) electrons. The third kappa shape index (κ3) is 3.83. The number of halogens is 1. The molecule has 12 heteroatoms. The second-order valence-corrected chi connectivity index (χ2v) is 8.24. The lowest BCUT2D eigenvalue weighted by Gasteiger charge is -2.34. The summed E-state index contributed by atoms with van der Waals surface area (Å²) in [5.41, 5.74) is 10.2. The Hall–Kier alpha value is -3.99. The lowest BCUT2D eigenvalue weighted by atomic mass is 10.1. The van der Waals surface area contributed by atoms with Gasteiger partial charge in [-0.1, -0.05) is 11.6 Å². The number of nitrogens with two attached hydrogens (primary N) is 1. The Morgan fingerprint density at radius 3 is 2.50 bits per heavy atom. The van der Waals surface area contributed by atoms with Gasteiger partial charge in [0.05, 0.1) is 29.5 Å². The van der Waals surface area contributed by atoms with Crippen molar-refractivity contribution in [3.63, 3.8) is 0 Å². The summed E-state index contributed by atoms with van der Waals surface area (Å²) in [6.07, 6.45) is 8.64. The Balaban J connectivity index is 1.45. The van der Waals surface area contributed by atoms with E-state index in [1.807, 2.05) is 20.9 Å². The van der Waals surface area contributed by atoms with Crippen LogP contribution < -0.4 is 20.7 Å². The smallest absolute Gasteiger partial charge is 0.230 e. The molecule has 1 fully saturated rings. The molecule has 34 heavy (non-hydrogen) atoms. The molecular weight excluding hydrogens is 456 g/mol. The minimum absolute atomic E-state index is 0.304. The zero-order valence-electron chi connectivity index (χ0n) is 18.9. The summed E-state index contributed by atoms with van der Waals surface area (Å²) in [5, 5.41) is 3.52. The molecule has 4 aromatic rings. The van der Waals surface area contributed by atoms with Crippen LogP contribution in [0.1, 0.15) is 23.5 Å². The van der Waals surface area contributed by atoms with E-state index in [4.69, 9.17) is 22.1 Å². The molecule has 0 unspecified atom stereocenters. The van der Waals surface area contributed by atoms with E-state index in [1.54, 1.807) is 23.2 Å². The molecule has 1 saturated heterocycles. The van der Waals surface area contributed by atoms with E-state index < -0.39 is 0 Å². The molecule has 0 aliphatic carbocycles. The Labute approximate surface area is 200 Å². The molecule has 1 aliphatic heterocycles. The maximum absolute atomic E-state index is 6.69. The number of hydrogen-bond donors (Lipinski definition) is 2. The molecule has 0 saturated carbocycles. The van der Waals surface area contributed by atoms with E-state index in [0.29, 0.717) is 45.3 Å². The van der Waals surface area contributed by atoms with Crippen molar-refractivity contribution in [3.05, 3.63) is 53.1 Å². The third-order valence-corrected chi connectivity index (χ3v) is 5.99. The first-order valence-corrected chi connectivity index (χ1v) is 11.1. The van der Waals surface area contributed by atoms with Gasteiger partial charge in [-0.2, -0.15) is 4.98 Å². The molecule has 0 atom stereocenters. The highest BCUT2D eigenvalue weighted by atomic mass is 35.5. The van der Waals surface area contributed by atoms with Crippen molar-refractivity contribution in [2.75, 3.05) is 23.3 Å². The quantitative estimate of drug-likeness (QED) is 0.398. The summed E-state index contributed by atoms with van der Waals surface area (Å²) in [6, 6.07) is 0. The van der Waals surface area contributed by atoms with Crippen molar-refractivity contribution in [2.24, 2.45) is 12.8 Å². The van der Waals surface area contributed by atoms with Gasteiger partial charge >= 0.3 is 0 Å². The predicted octanol–water partition coefficient (Wildman–Crippen LogP) is 3.11. The van der Waals surface area contributed by atoms with E-state index in [1.165, 1.54) is 18.8 Å². The number of imidazole rings is 1. The Kier molecular flexibility index (Phi) is 5.62. The largest absolute Gasteiger partial charge is 0.450 e. The van der Waals surface area contributed by atoms with Crippen molar-refractivity contribution < 1.29 is 4.74 Å². The van der Waals surface area contributed by atoms with Crippen LogP contribution in [0, 0.1) is 13.8 Å². The van der Waals surface area contributed by atoms with Crippen molar-refractivity contribution in [2.45, 2.75) is 20.3 Å². The zero-order valence-corrected chi connectivity index (χ0v) is 19.7. The van der Waals surface area contributed by atoms with Gasteiger partial charge in [-0.15, -0.1) is 0 Å². The van der Waals surface area contributed by atoms with Crippen LogP contribution in [0.4, 0.5) is 17.6 Å². The SMILES string of the molecule is Cc1nc(Nc2nc3ncc(OC(=CN)c4cnccn4)c(Cl)c3n2C)nc(C)c1N1CCC1. The molecule has 3 N–H and O–H groups in total. The number of nitrogens with zero attached hydrogens (tertiary/aromatic N) is 8. The van der Waals surface area contributed by atoms with E-state index in [2.05, 4.69) is 40.1 Å². The van der Waals surface area contributed by atoms with E-state index in [0.717, 1.165) is 30.2 Å². The van der Waals surface area contributed by atoms with Crippen molar-refractivity contribution in [1.29, 1.82) is 0 Å². The third-order valence-electron chi connectivity index (χ3n) is 5.62. The number of pyridine rings is 1. The molecular formula is C22H23ClN10O. The van der Waals surface area contributed by atoms with E-state index in [9.17, 15) is 0 Å². The number of rotatable bonds is 6. The highest BCUT2D eigenvalue weighted by Crippen LogP contribution is 2.35. The van der Waals surface area contributed by atoms with Crippen molar-refractivity contribution in [3.8, 4) is 5.75 Å². The van der Waals surface area contributed by atoms with Gasteiger partial charge in [0.15, 0.2) is 17.2 Å². The number of aromatic nitrogens is 7. The van der Waals surface area contributed by atoms with E-state index in [-0.39, 0.29) is 0 Å². The average Bonchev–Trinajstić information content (AvgIpc) is 3.11. The molecule has 0 amide bonds.